The summed E-state index contributed by atoms with van der Waals surface area (Å²) < 4.78 is 2.12. The minimum absolute atomic E-state index is 0.455. The Bertz CT molecular complexity index is 686. The van der Waals surface area contributed by atoms with Crippen LogP contribution in [0.25, 0.3) is 16.9 Å². The average molecular weight is 257 g/mol. The van der Waals surface area contributed by atoms with Crippen LogP contribution in [-0.4, -0.2) is 9.38 Å². The number of imidazole rings is 1. The molecule has 0 aliphatic rings. The minimum Gasteiger partial charge on any atom is -0.299 e. The van der Waals surface area contributed by atoms with E-state index in [1.807, 2.05) is 30.3 Å². The first-order valence-electron chi connectivity index (χ1n) is 5.89. The van der Waals surface area contributed by atoms with Crippen LogP contribution in [0.15, 0.2) is 48.5 Å². The van der Waals surface area contributed by atoms with E-state index in [1.165, 1.54) is 0 Å². The van der Waals surface area contributed by atoms with Gasteiger partial charge in [0.25, 0.3) is 0 Å². The van der Waals surface area contributed by atoms with Crippen molar-refractivity contribution in [3.63, 3.8) is 0 Å². The van der Waals surface area contributed by atoms with Crippen LogP contribution in [0, 0.1) is 6.92 Å². The third-order valence-corrected chi connectivity index (χ3v) is 3.36. The summed E-state index contributed by atoms with van der Waals surface area (Å²) in [6.45, 7) is 2.07. The van der Waals surface area contributed by atoms with Crippen LogP contribution in [0.5, 0.6) is 0 Å². The van der Waals surface area contributed by atoms with Crippen molar-refractivity contribution in [3.05, 3.63) is 59.9 Å². The maximum absolute atomic E-state index is 6.11. The number of alkyl halides is 1. The molecular formula is C15H13ClN2. The zero-order valence-electron chi connectivity index (χ0n) is 10.1. The summed E-state index contributed by atoms with van der Waals surface area (Å²) in [6.07, 6.45) is 0. The van der Waals surface area contributed by atoms with Crippen LogP contribution in [-0.2, 0) is 5.88 Å². The molecule has 0 saturated heterocycles. The van der Waals surface area contributed by atoms with E-state index >= 15 is 0 Å². The normalized spacial score (nSPS) is 11.0. The van der Waals surface area contributed by atoms with Crippen molar-refractivity contribution in [1.29, 1.82) is 0 Å². The highest BCUT2D eigenvalue weighted by Crippen LogP contribution is 2.26. The van der Waals surface area contributed by atoms with Crippen LogP contribution >= 0.6 is 11.6 Å². The lowest BCUT2D eigenvalue weighted by Gasteiger charge is -2.04. The summed E-state index contributed by atoms with van der Waals surface area (Å²) in [4.78, 5) is 4.69. The Kier molecular flexibility index (Phi) is 2.80. The topological polar surface area (TPSA) is 17.3 Å². The molecule has 0 atom stereocenters. The van der Waals surface area contributed by atoms with Crippen LogP contribution < -0.4 is 0 Å². The molecule has 0 bridgehead atoms. The molecule has 0 amide bonds. The van der Waals surface area contributed by atoms with Crippen LogP contribution in [0.3, 0.4) is 0 Å². The molecule has 0 aliphatic carbocycles. The van der Waals surface area contributed by atoms with Crippen molar-refractivity contribution in [1.82, 2.24) is 9.38 Å². The number of pyridine rings is 1. The summed E-state index contributed by atoms with van der Waals surface area (Å²) in [5.41, 5.74) is 5.23. The lowest BCUT2D eigenvalue weighted by atomic mass is 10.1. The van der Waals surface area contributed by atoms with Crippen molar-refractivity contribution in [2.24, 2.45) is 0 Å². The molecular weight excluding hydrogens is 244 g/mol. The number of fused-ring (bicyclic) bond motifs is 1. The lowest BCUT2D eigenvalue weighted by Crippen LogP contribution is -1.95. The molecule has 0 aliphatic heterocycles. The monoisotopic (exact) mass is 256 g/mol. The van der Waals surface area contributed by atoms with Gasteiger partial charge in [0.2, 0.25) is 0 Å². The van der Waals surface area contributed by atoms with Gasteiger partial charge in [-0.1, -0.05) is 36.4 Å². The number of aromatic nitrogens is 2. The Labute approximate surface area is 111 Å². The predicted molar refractivity (Wildman–Crippen MR) is 74.9 cm³/mol. The molecule has 2 aromatic heterocycles. The van der Waals surface area contributed by atoms with Gasteiger partial charge in [-0.25, -0.2) is 4.98 Å². The zero-order chi connectivity index (χ0) is 12.5. The van der Waals surface area contributed by atoms with Crippen LogP contribution in [0.4, 0.5) is 0 Å². The molecule has 18 heavy (non-hydrogen) atoms. The highest BCUT2D eigenvalue weighted by Gasteiger charge is 2.13. The van der Waals surface area contributed by atoms with Gasteiger partial charge in [0.15, 0.2) is 0 Å². The fourth-order valence-electron chi connectivity index (χ4n) is 2.28. The van der Waals surface area contributed by atoms with Gasteiger partial charge >= 0.3 is 0 Å². The Morgan fingerprint density at radius 1 is 1.06 bits per heavy atom. The van der Waals surface area contributed by atoms with Gasteiger partial charge in [-0.3, -0.25) is 4.40 Å². The Hall–Kier alpha value is -1.80. The summed E-state index contributed by atoms with van der Waals surface area (Å²) in [5, 5.41) is 0. The predicted octanol–water partition coefficient (Wildman–Crippen LogP) is 4.05. The van der Waals surface area contributed by atoms with E-state index in [9.17, 15) is 0 Å². The van der Waals surface area contributed by atoms with Crippen molar-refractivity contribution in [3.8, 4) is 11.3 Å². The number of hydrogen-bond acceptors (Lipinski definition) is 1. The first-order chi connectivity index (χ1) is 8.81. The summed E-state index contributed by atoms with van der Waals surface area (Å²) in [5.74, 6) is 0.455. The number of aryl methyl sites for hydroxylation is 1. The maximum Gasteiger partial charge on any atom is 0.137 e. The van der Waals surface area contributed by atoms with E-state index in [1.54, 1.807) is 0 Å². The molecule has 0 radical (unpaired) electrons. The van der Waals surface area contributed by atoms with Gasteiger partial charge in [0.1, 0.15) is 5.65 Å². The van der Waals surface area contributed by atoms with E-state index in [0.29, 0.717) is 5.88 Å². The van der Waals surface area contributed by atoms with Gasteiger partial charge in [-0.2, -0.15) is 0 Å². The van der Waals surface area contributed by atoms with Gasteiger partial charge < -0.3 is 0 Å². The number of nitrogens with zero attached hydrogens (tertiary/aromatic N) is 2. The summed E-state index contributed by atoms with van der Waals surface area (Å²) in [7, 11) is 0. The standard InChI is InChI=1S/C15H13ClN2/c1-11-6-5-9-14-17-15(13(10-16)18(11)14)12-7-3-2-4-8-12/h2-9H,10H2,1H3. The molecule has 0 N–H and O–H groups in total. The van der Waals surface area contributed by atoms with Gasteiger partial charge in [-0.15, -0.1) is 11.6 Å². The highest BCUT2D eigenvalue weighted by molar-refractivity contribution is 6.17. The van der Waals surface area contributed by atoms with Crippen LogP contribution in [0.1, 0.15) is 11.4 Å². The third-order valence-electron chi connectivity index (χ3n) is 3.11. The smallest absolute Gasteiger partial charge is 0.137 e. The molecule has 0 unspecified atom stereocenters. The molecule has 2 heterocycles. The van der Waals surface area contributed by atoms with Crippen molar-refractivity contribution < 1.29 is 0 Å². The SMILES string of the molecule is Cc1cccc2nc(-c3ccccc3)c(CCl)n12. The van der Waals surface area contributed by atoms with E-state index in [4.69, 9.17) is 16.6 Å². The van der Waals surface area contributed by atoms with E-state index in [2.05, 4.69) is 29.5 Å². The second kappa shape index (κ2) is 4.46. The Morgan fingerprint density at radius 3 is 2.56 bits per heavy atom. The molecule has 0 fully saturated rings. The molecule has 1 aromatic carbocycles. The first kappa shape index (κ1) is 11.3. The van der Waals surface area contributed by atoms with Crippen molar-refractivity contribution in [2.75, 3.05) is 0 Å². The first-order valence-corrected chi connectivity index (χ1v) is 6.43. The number of halogens is 1. The van der Waals surface area contributed by atoms with E-state index < -0.39 is 0 Å². The van der Waals surface area contributed by atoms with Crippen molar-refractivity contribution in [2.45, 2.75) is 12.8 Å². The fraction of sp³-hybridized carbons (Fsp3) is 0.133. The maximum atomic E-state index is 6.11. The largest absolute Gasteiger partial charge is 0.299 e. The van der Waals surface area contributed by atoms with Gasteiger partial charge in [0.05, 0.1) is 17.3 Å². The van der Waals surface area contributed by atoms with Gasteiger partial charge in [-0.05, 0) is 19.1 Å². The Morgan fingerprint density at radius 2 is 1.83 bits per heavy atom. The molecule has 0 spiro atoms. The molecule has 3 heteroatoms. The minimum atomic E-state index is 0.455. The molecule has 3 rings (SSSR count). The number of rotatable bonds is 2. The quantitative estimate of drug-likeness (QED) is 0.633. The molecule has 0 saturated carbocycles. The second-order valence-electron chi connectivity index (χ2n) is 4.27. The number of benzene rings is 1. The number of hydrogen-bond donors (Lipinski definition) is 0. The van der Waals surface area contributed by atoms with Crippen LogP contribution in [0.2, 0.25) is 0 Å². The molecule has 2 nitrogen and oxygen atoms in total. The molecule has 3 aromatic rings. The average Bonchev–Trinajstić information content (AvgIpc) is 2.79. The Balaban J connectivity index is 2.34. The third kappa shape index (κ3) is 1.70. The van der Waals surface area contributed by atoms with E-state index in [-0.39, 0.29) is 0 Å². The van der Waals surface area contributed by atoms with Gasteiger partial charge in [0, 0.05) is 11.3 Å². The van der Waals surface area contributed by atoms with E-state index in [0.717, 1.165) is 28.3 Å². The van der Waals surface area contributed by atoms with Crippen molar-refractivity contribution >= 4 is 17.2 Å². The fourth-order valence-corrected chi connectivity index (χ4v) is 2.52. The lowest BCUT2D eigenvalue weighted by molar-refractivity contribution is 1.03. The second-order valence-corrected chi connectivity index (χ2v) is 4.53. The summed E-state index contributed by atoms with van der Waals surface area (Å²) in [6, 6.07) is 16.3. The highest BCUT2D eigenvalue weighted by atomic mass is 35.5. The molecule has 90 valence electrons. The summed E-state index contributed by atoms with van der Waals surface area (Å²) >= 11 is 6.11. The zero-order valence-corrected chi connectivity index (χ0v) is 10.9.